The zero-order chi connectivity index (χ0) is 21.8. The fraction of sp³-hybridized carbons (Fsp3) is 0.240. The van der Waals surface area contributed by atoms with Crippen molar-refractivity contribution in [3.8, 4) is 0 Å². The molecule has 158 valence electrons. The van der Waals surface area contributed by atoms with E-state index in [9.17, 15) is 9.59 Å². The van der Waals surface area contributed by atoms with Crippen LogP contribution in [0.25, 0.3) is 21.8 Å². The number of benzene rings is 2. The van der Waals surface area contributed by atoms with Gasteiger partial charge in [0, 0.05) is 47.5 Å². The lowest BCUT2D eigenvalue weighted by Crippen LogP contribution is -2.33. The minimum Gasteiger partial charge on any atom is -0.342 e. The molecule has 4 rings (SSSR count). The highest BCUT2D eigenvalue weighted by Gasteiger charge is 2.13. The molecular formula is C25H26N4O2. The van der Waals surface area contributed by atoms with E-state index in [-0.39, 0.29) is 18.2 Å². The Morgan fingerprint density at radius 1 is 1.00 bits per heavy atom. The number of fused-ring (bicyclic) bond motifs is 2. The molecule has 0 saturated heterocycles. The van der Waals surface area contributed by atoms with Crippen molar-refractivity contribution in [2.24, 2.45) is 0 Å². The van der Waals surface area contributed by atoms with Gasteiger partial charge in [0.2, 0.25) is 11.8 Å². The number of rotatable bonds is 7. The van der Waals surface area contributed by atoms with Crippen LogP contribution < -0.4 is 5.32 Å². The standard InChI is InChI=1S/C25H26N4O2/c1-3-28(4-2)24(31)17-29-14-12-19-15-21(10-11-22(19)29)27-23(30)16-20-8-5-7-18-9-6-13-26-25(18)20/h5-15H,3-4,16-17H2,1-2H3,(H,27,30). The summed E-state index contributed by atoms with van der Waals surface area (Å²) in [5, 5.41) is 4.99. The van der Waals surface area contributed by atoms with Crippen molar-refractivity contribution < 1.29 is 9.59 Å². The number of carbonyl (C=O) groups excluding carboxylic acids is 2. The van der Waals surface area contributed by atoms with E-state index in [0.29, 0.717) is 19.6 Å². The van der Waals surface area contributed by atoms with Gasteiger partial charge in [0.05, 0.1) is 11.9 Å². The minimum atomic E-state index is -0.0892. The first-order chi connectivity index (χ1) is 15.1. The Labute approximate surface area is 181 Å². The van der Waals surface area contributed by atoms with Crippen LogP contribution in [-0.2, 0) is 22.6 Å². The van der Waals surface area contributed by atoms with Gasteiger partial charge in [-0.25, -0.2) is 0 Å². The molecule has 0 bridgehead atoms. The van der Waals surface area contributed by atoms with Crippen LogP contribution in [0.4, 0.5) is 5.69 Å². The SMILES string of the molecule is CCN(CC)C(=O)Cn1ccc2cc(NC(=O)Cc3cccc4cccnc34)ccc21. The van der Waals surface area contributed by atoms with Gasteiger partial charge in [0.15, 0.2) is 0 Å². The van der Waals surface area contributed by atoms with Crippen LogP contribution in [0.1, 0.15) is 19.4 Å². The largest absolute Gasteiger partial charge is 0.342 e. The van der Waals surface area contributed by atoms with Crippen molar-refractivity contribution in [1.29, 1.82) is 0 Å². The molecule has 1 N–H and O–H groups in total. The Morgan fingerprint density at radius 2 is 1.81 bits per heavy atom. The lowest BCUT2D eigenvalue weighted by atomic mass is 10.1. The summed E-state index contributed by atoms with van der Waals surface area (Å²) in [7, 11) is 0. The van der Waals surface area contributed by atoms with E-state index in [1.54, 1.807) is 6.20 Å². The van der Waals surface area contributed by atoms with Crippen LogP contribution in [0.5, 0.6) is 0 Å². The number of nitrogens with zero attached hydrogens (tertiary/aromatic N) is 3. The third kappa shape index (κ3) is 4.43. The van der Waals surface area contributed by atoms with Crippen molar-refractivity contribution in [2.45, 2.75) is 26.8 Å². The monoisotopic (exact) mass is 414 g/mol. The molecule has 2 heterocycles. The summed E-state index contributed by atoms with van der Waals surface area (Å²) in [6, 6.07) is 17.5. The van der Waals surface area contributed by atoms with Crippen molar-refractivity contribution in [3.63, 3.8) is 0 Å². The normalized spacial score (nSPS) is 11.0. The van der Waals surface area contributed by atoms with Gasteiger partial charge in [-0.1, -0.05) is 24.3 Å². The molecular weight excluding hydrogens is 388 g/mol. The Bertz CT molecular complexity index is 1240. The number of aromatic nitrogens is 2. The molecule has 0 aliphatic rings. The van der Waals surface area contributed by atoms with Crippen LogP contribution >= 0.6 is 0 Å². The van der Waals surface area contributed by atoms with E-state index in [2.05, 4.69) is 10.3 Å². The second-order valence-corrected chi connectivity index (χ2v) is 7.50. The summed E-state index contributed by atoms with van der Waals surface area (Å²) in [5.41, 5.74) is 3.46. The fourth-order valence-electron chi connectivity index (χ4n) is 3.93. The maximum Gasteiger partial charge on any atom is 0.242 e. The summed E-state index contributed by atoms with van der Waals surface area (Å²) >= 11 is 0. The number of hydrogen-bond donors (Lipinski definition) is 1. The molecule has 0 aliphatic carbocycles. The second kappa shape index (κ2) is 9.00. The Morgan fingerprint density at radius 3 is 2.61 bits per heavy atom. The van der Waals surface area contributed by atoms with E-state index >= 15 is 0 Å². The quantitative estimate of drug-likeness (QED) is 0.492. The number of nitrogens with one attached hydrogen (secondary N) is 1. The van der Waals surface area contributed by atoms with E-state index in [0.717, 1.165) is 33.1 Å². The van der Waals surface area contributed by atoms with Crippen LogP contribution in [0.3, 0.4) is 0 Å². The van der Waals surface area contributed by atoms with Gasteiger partial charge in [-0.3, -0.25) is 14.6 Å². The van der Waals surface area contributed by atoms with Crippen molar-refractivity contribution >= 4 is 39.3 Å². The number of amides is 2. The zero-order valence-corrected chi connectivity index (χ0v) is 17.8. The van der Waals surface area contributed by atoms with Gasteiger partial charge < -0.3 is 14.8 Å². The van der Waals surface area contributed by atoms with Crippen molar-refractivity contribution in [1.82, 2.24) is 14.5 Å². The molecule has 0 saturated carbocycles. The number of anilines is 1. The minimum absolute atomic E-state index is 0.0892. The fourth-order valence-corrected chi connectivity index (χ4v) is 3.93. The highest BCUT2D eigenvalue weighted by Crippen LogP contribution is 2.22. The van der Waals surface area contributed by atoms with Gasteiger partial charge >= 0.3 is 0 Å². The molecule has 2 aromatic carbocycles. The molecule has 6 heteroatoms. The van der Waals surface area contributed by atoms with Gasteiger partial charge in [-0.15, -0.1) is 0 Å². The molecule has 0 unspecified atom stereocenters. The summed E-state index contributed by atoms with van der Waals surface area (Å²) in [5.74, 6) is 0.0113. The molecule has 4 aromatic rings. The van der Waals surface area contributed by atoms with Crippen molar-refractivity contribution in [3.05, 3.63) is 72.6 Å². The van der Waals surface area contributed by atoms with Crippen LogP contribution in [0.2, 0.25) is 0 Å². The lowest BCUT2D eigenvalue weighted by molar-refractivity contribution is -0.131. The van der Waals surface area contributed by atoms with E-state index in [1.165, 1.54) is 0 Å². The van der Waals surface area contributed by atoms with Gasteiger partial charge in [0.1, 0.15) is 6.54 Å². The first-order valence-corrected chi connectivity index (χ1v) is 10.6. The van der Waals surface area contributed by atoms with E-state index in [1.807, 2.05) is 84.1 Å². The number of pyridine rings is 1. The average molecular weight is 415 g/mol. The number of carbonyl (C=O) groups is 2. The number of likely N-dealkylation sites (N-methyl/N-ethyl adjacent to an activating group) is 1. The van der Waals surface area contributed by atoms with Gasteiger partial charge in [-0.05, 0) is 49.7 Å². The second-order valence-electron chi connectivity index (χ2n) is 7.50. The predicted molar refractivity (Wildman–Crippen MR) is 124 cm³/mol. The predicted octanol–water partition coefficient (Wildman–Crippen LogP) is 4.24. The summed E-state index contributed by atoms with van der Waals surface area (Å²) in [6.45, 7) is 5.69. The Hall–Kier alpha value is -3.67. The van der Waals surface area contributed by atoms with Crippen LogP contribution in [0.15, 0.2) is 67.0 Å². The summed E-state index contributed by atoms with van der Waals surface area (Å²) < 4.78 is 1.95. The van der Waals surface area contributed by atoms with Crippen LogP contribution in [0, 0.1) is 0 Å². The van der Waals surface area contributed by atoms with Crippen LogP contribution in [-0.4, -0.2) is 39.4 Å². The molecule has 0 spiro atoms. The molecule has 0 fully saturated rings. The molecule has 6 nitrogen and oxygen atoms in total. The first kappa shape index (κ1) is 20.6. The summed E-state index contributed by atoms with van der Waals surface area (Å²) in [6.07, 6.45) is 3.92. The maximum atomic E-state index is 12.7. The summed E-state index contributed by atoms with van der Waals surface area (Å²) in [4.78, 5) is 31.3. The lowest BCUT2D eigenvalue weighted by Gasteiger charge is -2.19. The number of para-hydroxylation sites is 1. The zero-order valence-electron chi connectivity index (χ0n) is 17.8. The first-order valence-electron chi connectivity index (χ1n) is 10.6. The molecule has 0 aliphatic heterocycles. The van der Waals surface area contributed by atoms with E-state index < -0.39 is 0 Å². The van der Waals surface area contributed by atoms with Crippen molar-refractivity contribution in [2.75, 3.05) is 18.4 Å². The Kier molecular flexibility index (Phi) is 5.98. The maximum absolute atomic E-state index is 12.7. The smallest absolute Gasteiger partial charge is 0.242 e. The molecule has 2 aromatic heterocycles. The third-order valence-corrected chi connectivity index (χ3v) is 5.54. The highest BCUT2D eigenvalue weighted by molar-refractivity contribution is 5.97. The third-order valence-electron chi connectivity index (χ3n) is 5.54. The van der Waals surface area contributed by atoms with Gasteiger partial charge in [-0.2, -0.15) is 0 Å². The highest BCUT2D eigenvalue weighted by atomic mass is 16.2. The van der Waals surface area contributed by atoms with E-state index in [4.69, 9.17) is 0 Å². The Balaban J connectivity index is 1.48. The molecule has 2 amide bonds. The topological polar surface area (TPSA) is 67.2 Å². The molecule has 0 radical (unpaired) electrons. The molecule has 0 atom stereocenters. The van der Waals surface area contributed by atoms with Gasteiger partial charge in [0.25, 0.3) is 0 Å². The molecule has 31 heavy (non-hydrogen) atoms. The average Bonchev–Trinajstić information content (AvgIpc) is 3.16. The number of hydrogen-bond acceptors (Lipinski definition) is 3.